The Morgan fingerprint density at radius 2 is 1.79 bits per heavy atom. The van der Waals surface area contributed by atoms with Gasteiger partial charge >= 0.3 is 0 Å². The van der Waals surface area contributed by atoms with E-state index >= 15 is 0 Å². The highest BCUT2D eigenvalue weighted by Crippen LogP contribution is 2.37. The number of aromatic nitrogens is 1. The maximum Gasteiger partial charge on any atom is 0.189 e. The fourth-order valence-corrected chi connectivity index (χ4v) is 2.85. The molecule has 0 aliphatic carbocycles. The number of rotatable bonds is 3. The number of H-pyrrole nitrogens is 1. The predicted octanol–water partition coefficient (Wildman–Crippen LogP) is 2.95. The maximum absolute atomic E-state index is 12.9. The number of carbonyl (C=O) groups is 1. The molecule has 0 amide bonds. The highest BCUT2D eigenvalue weighted by atomic mass is 16.5. The van der Waals surface area contributed by atoms with Crippen LogP contribution in [0.15, 0.2) is 48.7 Å². The minimum absolute atomic E-state index is 0.173. The Labute approximate surface area is 112 Å². The number of carbonyl (C=O) groups excluding carboxylic acids is 1. The van der Waals surface area contributed by atoms with Crippen LogP contribution in [0.4, 0.5) is 0 Å². The molecule has 0 radical (unpaired) electrons. The average molecular weight is 255 g/mol. The van der Waals surface area contributed by atoms with Crippen molar-refractivity contribution in [1.29, 1.82) is 0 Å². The van der Waals surface area contributed by atoms with Crippen LogP contribution in [0.1, 0.15) is 28.9 Å². The van der Waals surface area contributed by atoms with Crippen LogP contribution < -0.4 is 0 Å². The smallest absolute Gasteiger partial charge is 0.189 e. The molecule has 1 fully saturated rings. The lowest BCUT2D eigenvalue weighted by molar-refractivity contribution is 0.0421. The van der Waals surface area contributed by atoms with Gasteiger partial charge in [0.25, 0.3) is 0 Å². The quantitative estimate of drug-likeness (QED) is 0.857. The zero-order valence-electron chi connectivity index (χ0n) is 10.8. The first-order chi connectivity index (χ1) is 9.33. The molecule has 1 aliphatic rings. The van der Waals surface area contributed by atoms with Crippen molar-refractivity contribution in [3.8, 4) is 0 Å². The van der Waals surface area contributed by atoms with E-state index < -0.39 is 5.41 Å². The molecule has 1 N–H and O–H groups in total. The molecule has 98 valence electrons. The van der Waals surface area contributed by atoms with Gasteiger partial charge in [-0.1, -0.05) is 30.3 Å². The van der Waals surface area contributed by atoms with E-state index in [0.29, 0.717) is 18.9 Å². The summed E-state index contributed by atoms with van der Waals surface area (Å²) in [4.78, 5) is 15.9. The van der Waals surface area contributed by atoms with E-state index in [4.69, 9.17) is 4.74 Å². The molecule has 1 aromatic carbocycles. The van der Waals surface area contributed by atoms with Gasteiger partial charge in [-0.25, -0.2) is 0 Å². The first-order valence-corrected chi connectivity index (χ1v) is 6.64. The number of benzene rings is 1. The summed E-state index contributed by atoms with van der Waals surface area (Å²) >= 11 is 0. The van der Waals surface area contributed by atoms with Crippen molar-refractivity contribution in [3.63, 3.8) is 0 Å². The molecule has 3 nitrogen and oxygen atoms in total. The maximum atomic E-state index is 12.9. The molecular formula is C16H17NO2. The topological polar surface area (TPSA) is 42.1 Å². The van der Waals surface area contributed by atoms with Crippen LogP contribution in [0.2, 0.25) is 0 Å². The SMILES string of the molecule is O=C(c1ccc[nH]1)C1(c2ccccc2)CCOCC1. The summed E-state index contributed by atoms with van der Waals surface area (Å²) in [5.41, 5.74) is 1.34. The third-order valence-electron chi connectivity index (χ3n) is 3.95. The van der Waals surface area contributed by atoms with E-state index in [1.807, 2.05) is 42.5 Å². The molecule has 2 aromatic rings. The molecule has 3 rings (SSSR count). The normalized spacial score (nSPS) is 18.1. The van der Waals surface area contributed by atoms with Crippen LogP contribution in [-0.2, 0) is 10.2 Å². The van der Waals surface area contributed by atoms with Crippen molar-refractivity contribution >= 4 is 5.78 Å². The molecule has 0 unspecified atom stereocenters. The van der Waals surface area contributed by atoms with Gasteiger partial charge in [-0.05, 0) is 30.5 Å². The first-order valence-electron chi connectivity index (χ1n) is 6.64. The van der Waals surface area contributed by atoms with Gasteiger partial charge in [-0.15, -0.1) is 0 Å². The lowest BCUT2D eigenvalue weighted by Crippen LogP contribution is -2.41. The lowest BCUT2D eigenvalue weighted by Gasteiger charge is -2.36. The standard InChI is InChI=1S/C16H17NO2/c18-15(14-7-4-10-17-14)16(8-11-19-12-9-16)13-5-2-1-3-6-13/h1-7,10,17H,8-9,11-12H2. The van der Waals surface area contributed by atoms with E-state index in [-0.39, 0.29) is 5.78 Å². The van der Waals surface area contributed by atoms with Crippen molar-refractivity contribution in [2.75, 3.05) is 13.2 Å². The summed E-state index contributed by atoms with van der Waals surface area (Å²) in [6, 6.07) is 13.8. The van der Waals surface area contributed by atoms with E-state index in [1.165, 1.54) is 0 Å². The Kier molecular flexibility index (Phi) is 3.22. The molecule has 1 saturated heterocycles. The molecular weight excluding hydrogens is 238 g/mol. The first kappa shape index (κ1) is 12.2. The summed E-state index contributed by atoms with van der Waals surface area (Å²) in [5.74, 6) is 0.173. The Morgan fingerprint density at radius 3 is 2.42 bits per heavy atom. The molecule has 0 atom stereocenters. The Morgan fingerprint density at radius 1 is 1.05 bits per heavy atom. The van der Waals surface area contributed by atoms with E-state index in [2.05, 4.69) is 4.98 Å². The van der Waals surface area contributed by atoms with Crippen LogP contribution in [0, 0.1) is 0 Å². The van der Waals surface area contributed by atoms with Crippen molar-refractivity contribution in [2.45, 2.75) is 18.3 Å². The number of nitrogens with one attached hydrogen (secondary N) is 1. The van der Waals surface area contributed by atoms with E-state index in [9.17, 15) is 4.79 Å². The summed E-state index contributed by atoms with van der Waals surface area (Å²) in [7, 11) is 0. The number of hydrogen-bond donors (Lipinski definition) is 1. The summed E-state index contributed by atoms with van der Waals surface area (Å²) in [5, 5.41) is 0. The van der Waals surface area contributed by atoms with Crippen LogP contribution in [-0.4, -0.2) is 24.0 Å². The molecule has 1 aliphatic heterocycles. The predicted molar refractivity (Wildman–Crippen MR) is 73.3 cm³/mol. The monoisotopic (exact) mass is 255 g/mol. The average Bonchev–Trinajstić information content (AvgIpc) is 3.02. The minimum atomic E-state index is -0.440. The number of Topliss-reactive ketones (excluding diaryl/α,β-unsaturated/α-hetero) is 1. The fourth-order valence-electron chi connectivity index (χ4n) is 2.85. The summed E-state index contributed by atoms with van der Waals surface area (Å²) in [6.45, 7) is 1.28. The zero-order chi connectivity index (χ0) is 13.1. The van der Waals surface area contributed by atoms with Crippen molar-refractivity contribution in [1.82, 2.24) is 4.98 Å². The number of aromatic amines is 1. The molecule has 2 heterocycles. The fraction of sp³-hybridized carbons (Fsp3) is 0.312. The van der Waals surface area contributed by atoms with Gasteiger partial charge in [0.1, 0.15) is 0 Å². The summed E-state index contributed by atoms with van der Waals surface area (Å²) < 4.78 is 5.45. The van der Waals surface area contributed by atoms with Crippen molar-refractivity contribution < 1.29 is 9.53 Å². The van der Waals surface area contributed by atoms with E-state index in [0.717, 1.165) is 18.4 Å². The third-order valence-corrected chi connectivity index (χ3v) is 3.95. The number of ether oxygens (including phenoxy) is 1. The van der Waals surface area contributed by atoms with Gasteiger partial charge < -0.3 is 9.72 Å². The van der Waals surface area contributed by atoms with Gasteiger partial charge in [0.05, 0.1) is 11.1 Å². The minimum Gasteiger partial charge on any atom is -0.381 e. The van der Waals surface area contributed by atoms with E-state index in [1.54, 1.807) is 6.20 Å². The van der Waals surface area contributed by atoms with Gasteiger partial charge in [-0.2, -0.15) is 0 Å². The Balaban J connectivity index is 2.04. The van der Waals surface area contributed by atoms with Crippen molar-refractivity contribution in [3.05, 3.63) is 59.9 Å². The largest absolute Gasteiger partial charge is 0.381 e. The van der Waals surface area contributed by atoms with Gasteiger partial charge in [0, 0.05) is 19.4 Å². The molecule has 0 saturated carbocycles. The Bertz CT molecular complexity index is 539. The Hall–Kier alpha value is -1.87. The lowest BCUT2D eigenvalue weighted by atomic mass is 9.70. The van der Waals surface area contributed by atoms with Crippen LogP contribution in [0.5, 0.6) is 0 Å². The highest BCUT2D eigenvalue weighted by Gasteiger charge is 2.42. The van der Waals surface area contributed by atoms with Gasteiger partial charge in [0.15, 0.2) is 5.78 Å². The highest BCUT2D eigenvalue weighted by molar-refractivity contribution is 6.02. The molecule has 19 heavy (non-hydrogen) atoms. The second-order valence-electron chi connectivity index (χ2n) is 4.97. The molecule has 0 bridgehead atoms. The number of hydrogen-bond acceptors (Lipinski definition) is 2. The molecule has 0 spiro atoms. The van der Waals surface area contributed by atoms with Gasteiger partial charge in [-0.3, -0.25) is 4.79 Å². The number of ketones is 1. The summed E-state index contributed by atoms with van der Waals surface area (Å²) in [6.07, 6.45) is 3.29. The zero-order valence-corrected chi connectivity index (χ0v) is 10.8. The second-order valence-corrected chi connectivity index (χ2v) is 4.97. The molecule has 3 heteroatoms. The van der Waals surface area contributed by atoms with Gasteiger partial charge in [0.2, 0.25) is 0 Å². The van der Waals surface area contributed by atoms with Crippen LogP contribution in [0.3, 0.4) is 0 Å². The van der Waals surface area contributed by atoms with Crippen LogP contribution in [0.25, 0.3) is 0 Å². The van der Waals surface area contributed by atoms with Crippen LogP contribution >= 0.6 is 0 Å². The second kappa shape index (κ2) is 5.02. The van der Waals surface area contributed by atoms with Crippen molar-refractivity contribution in [2.24, 2.45) is 0 Å². The third kappa shape index (κ3) is 2.10. The molecule has 1 aromatic heterocycles.